The van der Waals surface area contributed by atoms with E-state index >= 15 is 0 Å². The number of azide groups is 1. The molecular weight excluding hydrogens is 284 g/mol. The van der Waals surface area contributed by atoms with Crippen LogP contribution in [0.5, 0.6) is 0 Å². The van der Waals surface area contributed by atoms with Crippen molar-refractivity contribution in [2.45, 2.75) is 18.1 Å². The van der Waals surface area contributed by atoms with E-state index in [4.69, 9.17) is 10.1 Å². The van der Waals surface area contributed by atoms with Crippen molar-refractivity contribution in [2.24, 2.45) is 5.11 Å². The predicted molar refractivity (Wildman–Crippen MR) is 56.5 cm³/mol. The van der Waals surface area contributed by atoms with Crippen molar-refractivity contribution in [1.82, 2.24) is 5.06 Å². The Hall–Kier alpha value is -2.17. The first-order valence-electron chi connectivity index (χ1n) is 4.82. The summed E-state index contributed by atoms with van der Waals surface area (Å²) in [5.74, 6) is -3.46. The van der Waals surface area contributed by atoms with E-state index in [9.17, 15) is 22.8 Å². The average Bonchev–Trinajstić information content (AvgIpc) is 2.57. The molecule has 1 aliphatic rings. The lowest BCUT2D eigenvalue weighted by atomic mass is 10.4. The molecule has 2 amide bonds. The van der Waals surface area contributed by atoms with E-state index in [2.05, 4.69) is 14.9 Å². The van der Waals surface area contributed by atoms with Crippen LogP contribution in [0.25, 0.3) is 10.4 Å². The Labute approximate surface area is 106 Å². The van der Waals surface area contributed by atoms with Crippen LogP contribution in [0.2, 0.25) is 0 Å². The number of amides is 2. The smallest absolute Gasteiger partial charge is 0.330 e. The van der Waals surface area contributed by atoms with Gasteiger partial charge in [0.25, 0.3) is 21.9 Å². The SMILES string of the molecule is [N-]=[N+]=NCCC(=O)ON1C(=O)CC(S(=O)(=O)O)C1=O. The summed E-state index contributed by atoms with van der Waals surface area (Å²) in [6.07, 6.45) is -1.20. The molecule has 1 heterocycles. The zero-order chi connectivity index (χ0) is 14.6. The van der Waals surface area contributed by atoms with Crippen molar-refractivity contribution >= 4 is 27.9 Å². The topological polar surface area (TPSA) is 167 Å². The van der Waals surface area contributed by atoms with Crippen LogP contribution in [-0.2, 0) is 29.3 Å². The fourth-order valence-corrected chi connectivity index (χ4v) is 1.95. The lowest BCUT2D eigenvalue weighted by molar-refractivity contribution is -0.197. The molecule has 19 heavy (non-hydrogen) atoms. The second-order valence-corrected chi connectivity index (χ2v) is 5.00. The van der Waals surface area contributed by atoms with Crippen LogP contribution in [0.1, 0.15) is 12.8 Å². The van der Waals surface area contributed by atoms with Crippen LogP contribution >= 0.6 is 0 Å². The largest absolute Gasteiger partial charge is 0.333 e. The van der Waals surface area contributed by atoms with Gasteiger partial charge in [0.15, 0.2) is 5.25 Å². The van der Waals surface area contributed by atoms with Crippen molar-refractivity contribution in [3.8, 4) is 0 Å². The maximum atomic E-state index is 11.4. The molecule has 1 saturated heterocycles. The van der Waals surface area contributed by atoms with Crippen LogP contribution in [0, 0.1) is 0 Å². The average molecular weight is 292 g/mol. The number of carbonyl (C=O) groups excluding carboxylic acids is 3. The van der Waals surface area contributed by atoms with Crippen LogP contribution in [0.4, 0.5) is 0 Å². The third-order valence-electron chi connectivity index (χ3n) is 2.09. The minimum Gasteiger partial charge on any atom is -0.330 e. The predicted octanol–water partition coefficient (Wildman–Crippen LogP) is -0.840. The number of nitrogens with zero attached hydrogens (tertiary/aromatic N) is 4. The maximum absolute atomic E-state index is 11.4. The zero-order valence-corrected chi connectivity index (χ0v) is 10.1. The molecule has 0 radical (unpaired) electrons. The molecule has 0 aromatic carbocycles. The maximum Gasteiger partial charge on any atom is 0.333 e. The number of rotatable bonds is 5. The summed E-state index contributed by atoms with van der Waals surface area (Å²) in [6, 6.07) is 0. The van der Waals surface area contributed by atoms with Crippen LogP contribution in [-0.4, -0.2) is 47.6 Å². The summed E-state index contributed by atoms with van der Waals surface area (Å²) in [7, 11) is -4.74. The molecule has 0 aromatic heterocycles. The van der Waals surface area contributed by atoms with Crippen LogP contribution < -0.4 is 0 Å². The monoisotopic (exact) mass is 292 g/mol. The molecule has 1 aliphatic heterocycles. The highest BCUT2D eigenvalue weighted by molar-refractivity contribution is 7.87. The van der Waals surface area contributed by atoms with Gasteiger partial charge in [0.1, 0.15) is 0 Å². The van der Waals surface area contributed by atoms with Gasteiger partial charge in [0.2, 0.25) is 0 Å². The molecular formula is C7H8N4O7S. The molecule has 11 nitrogen and oxygen atoms in total. The minimum atomic E-state index is -4.74. The molecule has 1 rings (SSSR count). The van der Waals surface area contributed by atoms with E-state index in [1.165, 1.54) is 0 Å². The van der Waals surface area contributed by atoms with E-state index in [0.717, 1.165) is 0 Å². The molecule has 104 valence electrons. The Morgan fingerprint density at radius 1 is 1.58 bits per heavy atom. The van der Waals surface area contributed by atoms with Crippen molar-refractivity contribution in [3.63, 3.8) is 0 Å². The van der Waals surface area contributed by atoms with Crippen LogP contribution in [0.15, 0.2) is 5.11 Å². The molecule has 1 unspecified atom stereocenters. The zero-order valence-electron chi connectivity index (χ0n) is 9.29. The van der Waals surface area contributed by atoms with E-state index in [-0.39, 0.29) is 11.6 Å². The summed E-state index contributed by atoms with van der Waals surface area (Å²) in [6.45, 7) is -0.243. The van der Waals surface area contributed by atoms with E-state index in [0.29, 0.717) is 0 Å². The first kappa shape index (κ1) is 14.9. The molecule has 0 aliphatic carbocycles. The fourth-order valence-electron chi connectivity index (χ4n) is 1.24. The molecule has 0 spiro atoms. The van der Waals surface area contributed by atoms with Gasteiger partial charge in [-0.25, -0.2) is 4.79 Å². The molecule has 1 fully saturated rings. The third-order valence-corrected chi connectivity index (χ3v) is 3.18. The summed E-state index contributed by atoms with van der Waals surface area (Å²) in [5.41, 5.74) is 7.96. The second kappa shape index (κ2) is 5.65. The van der Waals surface area contributed by atoms with Crippen molar-refractivity contribution in [3.05, 3.63) is 10.4 Å². The van der Waals surface area contributed by atoms with Crippen molar-refractivity contribution < 1.29 is 32.2 Å². The Balaban J connectivity index is 2.70. The highest BCUT2D eigenvalue weighted by Gasteiger charge is 2.48. The summed E-state index contributed by atoms with van der Waals surface area (Å²) in [4.78, 5) is 40.6. The van der Waals surface area contributed by atoms with Gasteiger partial charge in [-0.2, -0.15) is 8.42 Å². The van der Waals surface area contributed by atoms with Crippen molar-refractivity contribution in [2.75, 3.05) is 6.54 Å². The molecule has 12 heteroatoms. The molecule has 0 saturated carbocycles. The highest BCUT2D eigenvalue weighted by atomic mass is 32.2. The Morgan fingerprint density at radius 2 is 2.21 bits per heavy atom. The number of imide groups is 1. The highest BCUT2D eigenvalue weighted by Crippen LogP contribution is 2.19. The van der Waals surface area contributed by atoms with Gasteiger partial charge < -0.3 is 4.84 Å². The van der Waals surface area contributed by atoms with Gasteiger partial charge in [-0.3, -0.25) is 14.1 Å². The summed E-state index contributed by atoms with van der Waals surface area (Å²) < 4.78 is 30.3. The van der Waals surface area contributed by atoms with Crippen molar-refractivity contribution in [1.29, 1.82) is 0 Å². The standard InChI is InChI=1S/C7H8N4O7S/c8-10-9-2-1-6(13)18-11-5(12)3-4(7(11)14)19(15,16)17/h4H,1-3H2,(H,15,16,17). The van der Waals surface area contributed by atoms with Gasteiger partial charge >= 0.3 is 5.97 Å². The van der Waals surface area contributed by atoms with Gasteiger partial charge in [0, 0.05) is 11.5 Å². The van der Waals surface area contributed by atoms with Gasteiger partial charge in [-0.15, -0.1) is 5.06 Å². The summed E-state index contributed by atoms with van der Waals surface area (Å²) >= 11 is 0. The first-order chi connectivity index (χ1) is 8.77. The number of carbonyl (C=O) groups is 3. The quantitative estimate of drug-likeness (QED) is 0.226. The van der Waals surface area contributed by atoms with Gasteiger partial charge in [0.05, 0.1) is 12.8 Å². The van der Waals surface area contributed by atoms with Gasteiger partial charge in [-0.05, 0) is 5.53 Å². The Bertz CT molecular complexity index is 564. The lowest BCUT2D eigenvalue weighted by Gasteiger charge is -2.12. The summed E-state index contributed by atoms with van der Waals surface area (Å²) in [5, 5.41) is 1.05. The second-order valence-electron chi connectivity index (χ2n) is 3.40. The van der Waals surface area contributed by atoms with E-state index in [1.54, 1.807) is 0 Å². The number of hydroxylamine groups is 2. The van der Waals surface area contributed by atoms with E-state index in [1.807, 2.05) is 0 Å². The molecule has 0 bridgehead atoms. The fraction of sp³-hybridized carbons (Fsp3) is 0.571. The Morgan fingerprint density at radius 3 is 2.68 bits per heavy atom. The minimum absolute atomic E-state index is 0.0170. The number of hydrogen-bond acceptors (Lipinski definition) is 7. The molecule has 0 aromatic rings. The molecule has 1 N–H and O–H groups in total. The first-order valence-corrected chi connectivity index (χ1v) is 6.32. The molecule has 1 atom stereocenters. The van der Waals surface area contributed by atoms with Crippen LogP contribution in [0.3, 0.4) is 0 Å². The van der Waals surface area contributed by atoms with Gasteiger partial charge in [-0.1, -0.05) is 5.11 Å². The third kappa shape index (κ3) is 3.64. The van der Waals surface area contributed by atoms with E-state index < -0.39 is 46.0 Å². The number of hydrogen-bond donors (Lipinski definition) is 1. The normalized spacial score (nSPS) is 19.2. The lowest BCUT2D eigenvalue weighted by Crippen LogP contribution is -2.36. The Kier molecular flexibility index (Phi) is 4.43.